The average molecular weight is 815 g/mol. The highest BCUT2D eigenvalue weighted by atomic mass is 16.5. The molecule has 0 radical (unpaired) electrons. The lowest BCUT2D eigenvalue weighted by molar-refractivity contribution is -0.124. The number of rotatable bonds is 15. The van der Waals surface area contributed by atoms with E-state index in [1.165, 1.54) is 45.7 Å². The summed E-state index contributed by atoms with van der Waals surface area (Å²) >= 11 is 0. The molecular formula is C51H46N2O8. The summed E-state index contributed by atoms with van der Waals surface area (Å²) in [6, 6.07) is 21.1. The Balaban J connectivity index is 0.765. The van der Waals surface area contributed by atoms with Crippen LogP contribution in [0.2, 0.25) is 0 Å². The minimum Gasteiger partial charge on any atom is -0.458 e. The highest BCUT2D eigenvalue weighted by Gasteiger charge is 2.62. The number of fused-ring (bicyclic) bond motifs is 10. The van der Waals surface area contributed by atoms with Gasteiger partial charge in [0, 0.05) is 0 Å². The van der Waals surface area contributed by atoms with E-state index in [1.807, 2.05) is 60.7 Å². The molecule has 2 saturated heterocycles. The topological polar surface area (TPSA) is 127 Å². The monoisotopic (exact) mass is 814 g/mol. The van der Waals surface area contributed by atoms with Gasteiger partial charge in [0.2, 0.25) is 23.6 Å². The number of ether oxygens (including phenoxy) is 2. The highest BCUT2D eigenvalue weighted by Crippen LogP contribution is 2.58. The SMILES string of the molecule is C=CCOC(=O)c1ccc(C(=O)OCC(=C)/C=C\CC2=CC3CC2C2C(=O)N(c4ccc(Cc5ccc(N6C(=O)C7C8C=C(CC=C)C(C8)C7C6=O)cc5)cc4)C(=O)C32)cc1. The third-order valence-electron chi connectivity index (χ3n) is 13.4. The Morgan fingerprint density at radius 3 is 1.54 bits per heavy atom. The van der Waals surface area contributed by atoms with E-state index in [0.717, 1.165) is 36.0 Å². The molecule has 9 rings (SSSR count). The van der Waals surface area contributed by atoms with E-state index in [2.05, 4.69) is 31.9 Å². The molecule has 308 valence electrons. The maximum Gasteiger partial charge on any atom is 0.338 e. The number of hydrogen-bond donors (Lipinski definition) is 0. The van der Waals surface area contributed by atoms with Gasteiger partial charge in [0.25, 0.3) is 0 Å². The molecule has 6 aliphatic rings. The van der Waals surface area contributed by atoms with Gasteiger partial charge in [-0.25, -0.2) is 9.59 Å². The zero-order valence-corrected chi connectivity index (χ0v) is 33.7. The van der Waals surface area contributed by atoms with Crippen molar-refractivity contribution in [3.63, 3.8) is 0 Å². The summed E-state index contributed by atoms with van der Waals surface area (Å²) in [4.78, 5) is 82.0. The maximum atomic E-state index is 13.9. The first-order chi connectivity index (χ1) is 29.6. The van der Waals surface area contributed by atoms with Crippen molar-refractivity contribution < 1.29 is 38.2 Å². The van der Waals surface area contributed by atoms with Crippen molar-refractivity contribution in [3.8, 4) is 0 Å². The predicted octanol–water partition coefficient (Wildman–Crippen LogP) is 7.92. The van der Waals surface area contributed by atoms with Crippen LogP contribution in [-0.4, -0.2) is 48.8 Å². The molecule has 0 N–H and O–H groups in total. The molecule has 8 unspecified atom stereocenters. The van der Waals surface area contributed by atoms with Crippen molar-refractivity contribution in [2.24, 2.45) is 47.3 Å². The van der Waals surface area contributed by atoms with Crippen molar-refractivity contribution in [2.75, 3.05) is 23.0 Å². The molecule has 4 fully saturated rings. The predicted molar refractivity (Wildman–Crippen MR) is 229 cm³/mol. The zero-order valence-electron chi connectivity index (χ0n) is 33.7. The number of carbonyl (C=O) groups is 6. The van der Waals surface area contributed by atoms with E-state index < -0.39 is 17.9 Å². The van der Waals surface area contributed by atoms with E-state index in [-0.39, 0.29) is 78.3 Å². The number of nitrogens with zero attached hydrogens (tertiary/aromatic N) is 2. The van der Waals surface area contributed by atoms with E-state index in [4.69, 9.17) is 9.47 Å². The Morgan fingerprint density at radius 2 is 1.07 bits per heavy atom. The summed E-state index contributed by atoms with van der Waals surface area (Å²) in [5.41, 5.74) is 6.75. The second-order valence-corrected chi connectivity index (χ2v) is 16.9. The van der Waals surface area contributed by atoms with Gasteiger partial charge in [-0.2, -0.15) is 0 Å². The van der Waals surface area contributed by atoms with Crippen LogP contribution in [0.1, 0.15) is 57.5 Å². The lowest BCUT2D eigenvalue weighted by atomic mass is 9.80. The molecule has 4 aliphatic carbocycles. The van der Waals surface area contributed by atoms with Gasteiger partial charge >= 0.3 is 11.9 Å². The first-order valence-corrected chi connectivity index (χ1v) is 20.9. The van der Waals surface area contributed by atoms with Gasteiger partial charge in [0.15, 0.2) is 0 Å². The van der Waals surface area contributed by atoms with Crippen LogP contribution in [0.5, 0.6) is 0 Å². The first kappa shape index (κ1) is 39.8. The number of anilines is 2. The van der Waals surface area contributed by atoms with Crippen molar-refractivity contribution >= 4 is 46.9 Å². The van der Waals surface area contributed by atoms with Crippen LogP contribution in [-0.2, 0) is 35.1 Å². The molecule has 61 heavy (non-hydrogen) atoms. The van der Waals surface area contributed by atoms with E-state index in [9.17, 15) is 28.8 Å². The molecule has 3 aromatic carbocycles. The zero-order chi connectivity index (χ0) is 42.5. The van der Waals surface area contributed by atoms with E-state index in [1.54, 1.807) is 6.08 Å². The molecule has 2 aliphatic heterocycles. The van der Waals surface area contributed by atoms with Gasteiger partial charge in [0.05, 0.1) is 46.2 Å². The van der Waals surface area contributed by atoms with E-state index >= 15 is 0 Å². The van der Waals surface area contributed by atoms with Gasteiger partial charge in [0.1, 0.15) is 13.2 Å². The Hall–Kier alpha value is -6.68. The number of esters is 2. The molecule has 2 heterocycles. The van der Waals surface area contributed by atoms with Crippen LogP contribution in [0.15, 0.2) is 146 Å². The fraction of sp³-hybridized carbons (Fsp3) is 0.294. The summed E-state index contributed by atoms with van der Waals surface area (Å²) in [6.07, 6.45) is 15.1. The second kappa shape index (κ2) is 16.1. The van der Waals surface area contributed by atoms with Crippen LogP contribution < -0.4 is 9.80 Å². The molecule has 0 spiro atoms. The normalized spacial score (nSPS) is 26.8. The van der Waals surface area contributed by atoms with Crippen LogP contribution in [0, 0.1) is 47.3 Å². The number of allylic oxidation sites excluding steroid dienone is 6. The number of imide groups is 2. The Labute approximate surface area is 354 Å². The summed E-state index contributed by atoms with van der Waals surface area (Å²) < 4.78 is 10.4. The quantitative estimate of drug-likeness (QED) is 0.0656. The fourth-order valence-corrected chi connectivity index (χ4v) is 10.7. The van der Waals surface area contributed by atoms with E-state index in [0.29, 0.717) is 40.9 Å². The lowest BCUT2D eigenvalue weighted by Crippen LogP contribution is -2.33. The van der Waals surface area contributed by atoms with Crippen molar-refractivity contribution in [3.05, 3.63) is 168 Å². The lowest BCUT2D eigenvalue weighted by Gasteiger charge is -2.21. The number of benzene rings is 3. The highest BCUT2D eigenvalue weighted by molar-refractivity contribution is 6.23. The second-order valence-electron chi connectivity index (χ2n) is 16.9. The van der Waals surface area contributed by atoms with Gasteiger partial charge in [-0.15, -0.1) is 6.58 Å². The number of amides is 4. The summed E-state index contributed by atoms with van der Waals surface area (Å²) in [6.45, 7) is 11.5. The van der Waals surface area contributed by atoms with Gasteiger partial charge < -0.3 is 9.47 Å². The third-order valence-corrected chi connectivity index (χ3v) is 13.4. The van der Waals surface area contributed by atoms with Crippen LogP contribution in [0.25, 0.3) is 0 Å². The van der Waals surface area contributed by atoms with Crippen LogP contribution >= 0.6 is 0 Å². The maximum absolute atomic E-state index is 13.9. The molecular weight excluding hydrogens is 769 g/mol. The first-order valence-electron chi connectivity index (χ1n) is 20.9. The Morgan fingerprint density at radius 1 is 0.607 bits per heavy atom. The molecule has 10 nitrogen and oxygen atoms in total. The van der Waals surface area contributed by atoms with Crippen LogP contribution in [0.4, 0.5) is 11.4 Å². The standard InChI is InChI=1S/C51H46N2O8/c1-4-7-34-24-36-26-40(34)44-42(36)46(54)52(48(44)56)38-18-10-30(11-19-38)23-31-12-20-39(21-13-31)53-47(55)43-37-25-35(41(27-37)45(43)49(53)57)9-6-8-29(3)28-61-51(59)33-16-14-32(15-17-33)50(58)60-22-5-2/h4-6,8,10-21,24-25,36-37,40-45H,1-3,7,9,22-23,26-28H2/b8-6-. The van der Waals surface area contributed by atoms with Crippen LogP contribution in [0.3, 0.4) is 0 Å². The van der Waals surface area contributed by atoms with Crippen molar-refractivity contribution in [2.45, 2.75) is 32.1 Å². The molecule has 8 atom stereocenters. The molecule has 3 aromatic rings. The molecule has 4 bridgehead atoms. The Kier molecular flexibility index (Phi) is 10.5. The summed E-state index contributed by atoms with van der Waals surface area (Å²) in [5.74, 6) is -2.61. The summed E-state index contributed by atoms with van der Waals surface area (Å²) in [7, 11) is 0. The van der Waals surface area contributed by atoms with Crippen molar-refractivity contribution in [1.82, 2.24) is 0 Å². The van der Waals surface area contributed by atoms with Gasteiger partial charge in [-0.1, -0.05) is 85.0 Å². The van der Waals surface area contributed by atoms with Crippen molar-refractivity contribution in [1.29, 1.82) is 0 Å². The molecule has 10 heteroatoms. The smallest absolute Gasteiger partial charge is 0.338 e. The average Bonchev–Trinajstić information content (AvgIpc) is 4.12. The summed E-state index contributed by atoms with van der Waals surface area (Å²) in [5, 5.41) is 0. The minimum atomic E-state index is -0.544. The third kappa shape index (κ3) is 7.03. The Bertz CT molecular complexity index is 2480. The molecule has 4 amide bonds. The molecule has 0 aromatic heterocycles. The van der Waals surface area contributed by atoms with Gasteiger partial charge in [-0.3, -0.25) is 29.0 Å². The number of carbonyl (C=O) groups excluding carboxylic acids is 6. The van der Waals surface area contributed by atoms with Gasteiger partial charge in [-0.05, 0) is 121 Å². The minimum absolute atomic E-state index is 0.00812. The molecule has 2 saturated carbocycles. The fourth-order valence-electron chi connectivity index (χ4n) is 10.7. The largest absolute Gasteiger partial charge is 0.458 e. The number of hydrogen-bond acceptors (Lipinski definition) is 8.